The van der Waals surface area contributed by atoms with E-state index >= 15 is 0 Å². The molecule has 0 radical (unpaired) electrons. The fourth-order valence-corrected chi connectivity index (χ4v) is 2.58. The normalized spacial score (nSPS) is 18.5. The van der Waals surface area contributed by atoms with Crippen LogP contribution in [0.2, 0.25) is 0 Å². The number of methoxy groups -OCH3 is 2. The molecule has 0 spiro atoms. The Morgan fingerprint density at radius 3 is 2.57 bits per heavy atom. The van der Waals surface area contributed by atoms with Gasteiger partial charge in [-0.15, -0.1) is 12.4 Å². The minimum absolute atomic E-state index is 0. The third kappa shape index (κ3) is 4.73. The van der Waals surface area contributed by atoms with Gasteiger partial charge in [-0.1, -0.05) is 0 Å². The molecule has 6 nitrogen and oxygen atoms in total. The van der Waals surface area contributed by atoms with Crippen LogP contribution in [-0.4, -0.2) is 45.9 Å². The Hall–Kier alpha value is -1.50. The number of amides is 1. The number of hydrogen-bond donors (Lipinski definition) is 2. The Labute approximate surface area is 143 Å². The van der Waals surface area contributed by atoms with Crippen LogP contribution in [0.25, 0.3) is 0 Å². The second-order valence-corrected chi connectivity index (χ2v) is 5.36. The van der Waals surface area contributed by atoms with Crippen LogP contribution >= 0.6 is 12.4 Å². The molecule has 2 atom stereocenters. The number of carbonyl (C=O) groups is 1. The fourth-order valence-electron chi connectivity index (χ4n) is 2.58. The zero-order chi connectivity index (χ0) is 16.1. The molecule has 1 fully saturated rings. The van der Waals surface area contributed by atoms with Crippen molar-refractivity contribution in [1.82, 2.24) is 10.6 Å². The summed E-state index contributed by atoms with van der Waals surface area (Å²) in [5.74, 6) is 1.23. The van der Waals surface area contributed by atoms with E-state index in [2.05, 4.69) is 10.6 Å². The number of benzene rings is 1. The first-order valence-electron chi connectivity index (χ1n) is 7.42. The molecule has 1 saturated heterocycles. The lowest BCUT2D eigenvalue weighted by atomic mass is 10.0. The molecule has 2 unspecified atom stereocenters. The Morgan fingerprint density at radius 1 is 1.35 bits per heavy atom. The number of morpholine rings is 1. The first-order valence-corrected chi connectivity index (χ1v) is 7.42. The fraction of sp³-hybridized carbons (Fsp3) is 0.562. The van der Waals surface area contributed by atoms with Crippen molar-refractivity contribution in [2.24, 2.45) is 0 Å². The summed E-state index contributed by atoms with van der Waals surface area (Å²) in [4.78, 5) is 12.2. The van der Waals surface area contributed by atoms with Gasteiger partial charge in [0.05, 0.1) is 26.9 Å². The number of carbonyl (C=O) groups excluding carboxylic acids is 1. The maximum absolute atomic E-state index is 12.2. The first-order chi connectivity index (χ1) is 10.6. The number of halogens is 1. The van der Waals surface area contributed by atoms with Gasteiger partial charge in [-0.05, 0) is 37.1 Å². The zero-order valence-corrected chi connectivity index (χ0v) is 14.8. The van der Waals surface area contributed by atoms with Crippen LogP contribution in [0.4, 0.5) is 0 Å². The molecule has 0 bridgehead atoms. The molecule has 1 heterocycles. The molecule has 1 amide bonds. The predicted octanol–water partition coefficient (Wildman–Crippen LogP) is 1.60. The van der Waals surface area contributed by atoms with Gasteiger partial charge in [0.2, 0.25) is 0 Å². The van der Waals surface area contributed by atoms with Crippen LogP contribution in [-0.2, 0) is 9.53 Å². The molecule has 1 aliphatic heterocycles. The van der Waals surface area contributed by atoms with Gasteiger partial charge < -0.3 is 24.8 Å². The molecule has 130 valence electrons. The second kappa shape index (κ2) is 8.96. The third-order valence-corrected chi connectivity index (χ3v) is 3.82. The highest BCUT2D eigenvalue weighted by atomic mass is 35.5. The maximum Gasteiger partial charge on any atom is 0.250 e. The van der Waals surface area contributed by atoms with E-state index in [1.54, 1.807) is 14.2 Å². The van der Waals surface area contributed by atoms with E-state index in [9.17, 15) is 4.79 Å². The molecular formula is C16H25ClN2O4. The SMILES string of the molecule is COc1cc(C)c(C(C)NC(=O)C2CNCCO2)cc1OC.Cl. The van der Waals surface area contributed by atoms with Crippen LogP contribution in [0.1, 0.15) is 24.1 Å². The van der Waals surface area contributed by atoms with Gasteiger partial charge in [0, 0.05) is 13.1 Å². The summed E-state index contributed by atoms with van der Waals surface area (Å²) in [6.07, 6.45) is -0.434. The largest absolute Gasteiger partial charge is 0.493 e. The highest BCUT2D eigenvalue weighted by molar-refractivity contribution is 5.85. The molecule has 23 heavy (non-hydrogen) atoms. The maximum atomic E-state index is 12.2. The zero-order valence-electron chi connectivity index (χ0n) is 14.0. The molecule has 1 aromatic rings. The van der Waals surface area contributed by atoms with Crippen LogP contribution in [0.5, 0.6) is 11.5 Å². The lowest BCUT2D eigenvalue weighted by molar-refractivity contribution is -0.134. The minimum Gasteiger partial charge on any atom is -0.493 e. The smallest absolute Gasteiger partial charge is 0.250 e. The quantitative estimate of drug-likeness (QED) is 0.849. The number of nitrogens with one attached hydrogen (secondary N) is 2. The van der Waals surface area contributed by atoms with Gasteiger partial charge in [0.1, 0.15) is 6.10 Å². The monoisotopic (exact) mass is 344 g/mol. The topological polar surface area (TPSA) is 68.8 Å². The van der Waals surface area contributed by atoms with Crippen molar-refractivity contribution in [3.05, 3.63) is 23.3 Å². The van der Waals surface area contributed by atoms with Crippen LogP contribution in [0, 0.1) is 6.92 Å². The van der Waals surface area contributed by atoms with Gasteiger partial charge in [0.15, 0.2) is 11.5 Å². The number of aryl methyl sites for hydroxylation is 1. The Bertz CT molecular complexity index is 533. The van der Waals surface area contributed by atoms with Crippen molar-refractivity contribution < 1.29 is 19.0 Å². The third-order valence-electron chi connectivity index (χ3n) is 3.82. The van der Waals surface area contributed by atoms with E-state index in [1.165, 1.54) is 0 Å². The van der Waals surface area contributed by atoms with Crippen molar-refractivity contribution in [2.75, 3.05) is 33.9 Å². The van der Waals surface area contributed by atoms with E-state index in [1.807, 2.05) is 26.0 Å². The highest BCUT2D eigenvalue weighted by Crippen LogP contribution is 2.32. The van der Waals surface area contributed by atoms with Crippen molar-refractivity contribution >= 4 is 18.3 Å². The first kappa shape index (κ1) is 19.5. The molecule has 1 aliphatic rings. The predicted molar refractivity (Wildman–Crippen MR) is 90.7 cm³/mol. The highest BCUT2D eigenvalue weighted by Gasteiger charge is 2.24. The lowest BCUT2D eigenvalue weighted by Gasteiger charge is -2.25. The van der Waals surface area contributed by atoms with Gasteiger partial charge in [0.25, 0.3) is 5.91 Å². The van der Waals surface area contributed by atoms with Crippen molar-refractivity contribution in [1.29, 1.82) is 0 Å². The van der Waals surface area contributed by atoms with Gasteiger partial charge >= 0.3 is 0 Å². The van der Waals surface area contributed by atoms with Crippen LogP contribution < -0.4 is 20.1 Å². The molecular weight excluding hydrogens is 320 g/mol. The molecule has 0 saturated carbocycles. The Morgan fingerprint density at radius 2 is 2.00 bits per heavy atom. The second-order valence-electron chi connectivity index (χ2n) is 5.36. The Kier molecular flexibility index (Phi) is 7.61. The van der Waals surface area contributed by atoms with E-state index < -0.39 is 6.10 Å². The lowest BCUT2D eigenvalue weighted by Crippen LogP contribution is -2.48. The summed E-state index contributed by atoms with van der Waals surface area (Å²) >= 11 is 0. The number of hydrogen-bond acceptors (Lipinski definition) is 5. The summed E-state index contributed by atoms with van der Waals surface area (Å²) in [5, 5.41) is 6.15. The van der Waals surface area contributed by atoms with E-state index in [4.69, 9.17) is 14.2 Å². The van der Waals surface area contributed by atoms with Gasteiger partial charge in [-0.25, -0.2) is 0 Å². The summed E-state index contributed by atoms with van der Waals surface area (Å²) in [6.45, 7) is 5.82. The van der Waals surface area contributed by atoms with Crippen molar-refractivity contribution in [3.63, 3.8) is 0 Å². The van der Waals surface area contributed by atoms with E-state index in [0.29, 0.717) is 24.7 Å². The van der Waals surface area contributed by atoms with Gasteiger partial charge in [-0.2, -0.15) is 0 Å². The summed E-state index contributed by atoms with van der Waals surface area (Å²) in [6, 6.07) is 3.67. The molecule has 2 N–H and O–H groups in total. The Balaban J connectivity index is 0.00000264. The molecule has 7 heteroatoms. The molecule has 0 aliphatic carbocycles. The van der Waals surface area contributed by atoms with E-state index in [0.717, 1.165) is 17.7 Å². The summed E-state index contributed by atoms with van der Waals surface area (Å²) < 4.78 is 16.1. The standard InChI is InChI=1S/C16H24N2O4.ClH/c1-10-7-13(20-3)14(21-4)8-12(10)11(2)18-16(19)15-9-17-5-6-22-15;/h7-8,11,15,17H,5-6,9H2,1-4H3,(H,18,19);1H. The van der Waals surface area contributed by atoms with Crippen LogP contribution in [0.15, 0.2) is 12.1 Å². The van der Waals surface area contributed by atoms with Crippen LogP contribution in [0.3, 0.4) is 0 Å². The van der Waals surface area contributed by atoms with E-state index in [-0.39, 0.29) is 24.4 Å². The minimum atomic E-state index is -0.434. The number of rotatable bonds is 5. The number of ether oxygens (including phenoxy) is 3. The van der Waals surface area contributed by atoms with Crippen molar-refractivity contribution in [3.8, 4) is 11.5 Å². The molecule has 1 aromatic carbocycles. The average molecular weight is 345 g/mol. The summed E-state index contributed by atoms with van der Waals surface area (Å²) in [5.41, 5.74) is 2.03. The van der Waals surface area contributed by atoms with Gasteiger partial charge in [-0.3, -0.25) is 4.79 Å². The summed E-state index contributed by atoms with van der Waals surface area (Å²) in [7, 11) is 3.21. The average Bonchev–Trinajstić information content (AvgIpc) is 2.55. The molecule has 0 aromatic heterocycles. The van der Waals surface area contributed by atoms with Crippen molar-refractivity contribution in [2.45, 2.75) is 26.0 Å². The molecule has 2 rings (SSSR count).